The molecule has 0 amide bonds. The van der Waals surface area contributed by atoms with Crippen LogP contribution in [0, 0.1) is 68.6 Å². The smallest absolute Gasteiger partial charge is 0.180 e. The molecule has 0 unspecified atom stereocenters. The number of rotatable bonds is 2. The minimum atomic E-state index is -1.93. The fourth-order valence-corrected chi connectivity index (χ4v) is 3.03. The van der Waals surface area contributed by atoms with Gasteiger partial charge >= 0.3 is 0 Å². The molecule has 3 aromatic rings. The Kier molecular flexibility index (Phi) is 5.97. The minimum absolute atomic E-state index is 0.124. The zero-order chi connectivity index (χ0) is 23.4. The monoisotopic (exact) mass is 429 g/mol. The van der Waals surface area contributed by atoms with E-state index in [1.165, 1.54) is 42.7 Å². The predicted octanol–water partition coefficient (Wildman–Crippen LogP) is 3.10. The van der Waals surface area contributed by atoms with Gasteiger partial charge in [0.25, 0.3) is 0 Å². The fourth-order valence-electron chi connectivity index (χ4n) is 3.03. The molecular weight excluding hydrogens is 422 g/mol. The van der Waals surface area contributed by atoms with Gasteiger partial charge in [0.1, 0.15) is 35.4 Å². The Hall–Kier alpha value is -4.99. The third-order valence-corrected chi connectivity index (χ3v) is 4.51. The SMILES string of the molecule is N#CC(C#N)=c1cc/c(=C(/C#N)c2c(F)c(F)c(C#N)c(F)c2F)c(-c2cccnc2)c1. The number of hydrogen-bond acceptors (Lipinski definition) is 5. The molecular formula is C23H7F4N5. The van der Waals surface area contributed by atoms with Crippen LogP contribution in [0.3, 0.4) is 0 Å². The molecule has 3 rings (SSSR count). The predicted molar refractivity (Wildman–Crippen MR) is 103 cm³/mol. The van der Waals surface area contributed by atoms with Crippen molar-refractivity contribution in [3.8, 4) is 35.4 Å². The van der Waals surface area contributed by atoms with Gasteiger partial charge in [-0.25, -0.2) is 17.6 Å². The Morgan fingerprint density at radius 2 is 1.47 bits per heavy atom. The largest absolute Gasteiger partial charge is 0.264 e. The summed E-state index contributed by atoms with van der Waals surface area (Å²) >= 11 is 0. The Labute approximate surface area is 178 Å². The zero-order valence-electron chi connectivity index (χ0n) is 15.8. The number of benzene rings is 2. The van der Waals surface area contributed by atoms with Crippen LogP contribution in [-0.4, -0.2) is 4.98 Å². The van der Waals surface area contributed by atoms with E-state index in [4.69, 9.17) is 15.8 Å². The lowest BCUT2D eigenvalue weighted by Crippen LogP contribution is -2.18. The van der Waals surface area contributed by atoms with Gasteiger partial charge in [-0.3, -0.25) is 4.98 Å². The molecule has 1 heterocycles. The fraction of sp³-hybridized carbons (Fsp3) is 0. The molecule has 0 radical (unpaired) electrons. The summed E-state index contributed by atoms with van der Waals surface area (Å²) in [5.74, 6) is -7.67. The first-order valence-electron chi connectivity index (χ1n) is 8.65. The van der Waals surface area contributed by atoms with E-state index >= 15 is 0 Å². The number of hydrogen-bond donors (Lipinski definition) is 0. The molecule has 0 atom stereocenters. The molecule has 0 aliphatic carbocycles. The average molecular weight is 429 g/mol. The molecule has 0 bridgehead atoms. The van der Waals surface area contributed by atoms with Crippen molar-refractivity contribution in [1.29, 1.82) is 21.0 Å². The molecule has 9 heteroatoms. The van der Waals surface area contributed by atoms with Crippen LogP contribution in [0.1, 0.15) is 11.1 Å². The highest BCUT2D eigenvalue weighted by Crippen LogP contribution is 2.28. The maximum absolute atomic E-state index is 14.7. The van der Waals surface area contributed by atoms with E-state index in [1.54, 1.807) is 18.2 Å². The molecule has 0 saturated heterocycles. The molecule has 2 aromatic carbocycles. The summed E-state index contributed by atoms with van der Waals surface area (Å²) in [6, 6.07) is 12.8. The Bertz CT molecular complexity index is 1510. The molecule has 152 valence electrons. The summed E-state index contributed by atoms with van der Waals surface area (Å²) < 4.78 is 57.7. The second-order valence-corrected chi connectivity index (χ2v) is 6.21. The van der Waals surface area contributed by atoms with Crippen molar-refractivity contribution in [2.45, 2.75) is 0 Å². The lowest BCUT2D eigenvalue weighted by molar-refractivity contribution is 0.447. The lowest BCUT2D eigenvalue weighted by Gasteiger charge is -2.10. The summed E-state index contributed by atoms with van der Waals surface area (Å²) in [6.07, 6.45) is 2.79. The summed E-state index contributed by atoms with van der Waals surface area (Å²) in [5.41, 5.74) is -3.31. The van der Waals surface area contributed by atoms with Crippen LogP contribution in [0.2, 0.25) is 0 Å². The first kappa shape index (κ1) is 21.7. The second kappa shape index (κ2) is 8.79. The van der Waals surface area contributed by atoms with Crippen LogP contribution in [0.15, 0.2) is 42.7 Å². The molecule has 32 heavy (non-hydrogen) atoms. The molecule has 5 nitrogen and oxygen atoms in total. The van der Waals surface area contributed by atoms with Gasteiger partial charge in [0.2, 0.25) is 0 Å². The first-order chi connectivity index (χ1) is 15.4. The first-order valence-corrected chi connectivity index (χ1v) is 8.65. The van der Waals surface area contributed by atoms with Crippen molar-refractivity contribution in [1.82, 2.24) is 4.98 Å². The van der Waals surface area contributed by atoms with Gasteiger partial charge in [0, 0.05) is 28.4 Å². The maximum Gasteiger partial charge on any atom is 0.180 e. The van der Waals surface area contributed by atoms with Crippen molar-refractivity contribution < 1.29 is 17.6 Å². The van der Waals surface area contributed by atoms with E-state index in [9.17, 15) is 22.8 Å². The van der Waals surface area contributed by atoms with E-state index in [-0.39, 0.29) is 21.6 Å². The van der Waals surface area contributed by atoms with Crippen molar-refractivity contribution >= 4 is 11.1 Å². The van der Waals surface area contributed by atoms with E-state index in [1.807, 2.05) is 0 Å². The highest BCUT2D eigenvalue weighted by molar-refractivity contribution is 5.83. The average Bonchev–Trinajstić information content (AvgIpc) is 2.82. The molecule has 1 aromatic heterocycles. The standard InChI is InChI=1S/C23H7F4N5/c24-20-18(10-31)21(25)23(27)19(22(20)26)17(9-30)15-4-3-12(14(7-28)8-29)6-16(15)13-2-1-5-32-11-13/h1-6,11H/b17-15+. The van der Waals surface area contributed by atoms with Crippen LogP contribution < -0.4 is 10.4 Å². The van der Waals surface area contributed by atoms with Crippen molar-refractivity contribution in [2.24, 2.45) is 0 Å². The number of nitrogens with zero attached hydrogens (tertiary/aromatic N) is 5. The van der Waals surface area contributed by atoms with E-state index in [0.29, 0.717) is 5.56 Å². The quantitative estimate of drug-likeness (QED) is 0.460. The molecule has 0 aliphatic heterocycles. The minimum Gasteiger partial charge on any atom is -0.264 e. The molecule has 0 N–H and O–H groups in total. The molecule has 0 aliphatic rings. The summed E-state index contributed by atoms with van der Waals surface area (Å²) in [4.78, 5) is 3.93. The third kappa shape index (κ3) is 3.52. The van der Waals surface area contributed by atoms with Crippen LogP contribution in [-0.2, 0) is 0 Å². The number of pyridine rings is 1. The van der Waals surface area contributed by atoms with Gasteiger partial charge in [-0.15, -0.1) is 0 Å². The Balaban J connectivity index is 2.60. The van der Waals surface area contributed by atoms with Crippen LogP contribution in [0.4, 0.5) is 17.6 Å². The van der Waals surface area contributed by atoms with Crippen LogP contribution in [0.25, 0.3) is 22.3 Å². The summed E-state index contributed by atoms with van der Waals surface area (Å²) in [7, 11) is 0. The summed E-state index contributed by atoms with van der Waals surface area (Å²) in [6.45, 7) is 0. The molecule has 0 saturated carbocycles. The van der Waals surface area contributed by atoms with Gasteiger partial charge < -0.3 is 0 Å². The van der Waals surface area contributed by atoms with E-state index in [2.05, 4.69) is 4.98 Å². The van der Waals surface area contributed by atoms with Crippen molar-refractivity contribution in [3.63, 3.8) is 0 Å². The highest BCUT2D eigenvalue weighted by atomic mass is 19.2. The van der Waals surface area contributed by atoms with E-state index in [0.717, 1.165) is 6.07 Å². The lowest BCUT2D eigenvalue weighted by atomic mass is 9.94. The van der Waals surface area contributed by atoms with Gasteiger partial charge in [-0.1, -0.05) is 18.2 Å². The molecule has 0 fully saturated rings. The normalized spacial score (nSPS) is 10.9. The number of nitriles is 4. The zero-order valence-corrected chi connectivity index (χ0v) is 15.8. The topological polar surface area (TPSA) is 108 Å². The number of halogens is 4. The highest BCUT2D eigenvalue weighted by Gasteiger charge is 2.28. The van der Waals surface area contributed by atoms with Crippen molar-refractivity contribution in [3.05, 3.63) is 87.6 Å². The Morgan fingerprint density at radius 1 is 0.812 bits per heavy atom. The number of aromatic nitrogens is 1. The maximum atomic E-state index is 14.7. The van der Waals surface area contributed by atoms with Gasteiger partial charge in [-0.2, -0.15) is 21.0 Å². The summed E-state index contributed by atoms with van der Waals surface area (Å²) in [5, 5.41) is 36.7. The van der Waals surface area contributed by atoms with Gasteiger partial charge in [0.05, 0.1) is 11.1 Å². The van der Waals surface area contributed by atoms with Gasteiger partial charge in [0.15, 0.2) is 23.3 Å². The second-order valence-electron chi connectivity index (χ2n) is 6.21. The van der Waals surface area contributed by atoms with Crippen molar-refractivity contribution in [2.75, 3.05) is 0 Å². The Morgan fingerprint density at radius 3 is 1.97 bits per heavy atom. The van der Waals surface area contributed by atoms with Crippen LogP contribution >= 0.6 is 0 Å². The van der Waals surface area contributed by atoms with E-state index < -0.39 is 40.0 Å². The molecule has 0 spiro atoms. The van der Waals surface area contributed by atoms with Gasteiger partial charge in [-0.05, 0) is 17.7 Å². The third-order valence-electron chi connectivity index (χ3n) is 4.51. The van der Waals surface area contributed by atoms with Crippen LogP contribution in [0.5, 0.6) is 0 Å².